The van der Waals surface area contributed by atoms with Gasteiger partial charge in [-0.2, -0.15) is 0 Å². The summed E-state index contributed by atoms with van der Waals surface area (Å²) in [6, 6.07) is 0. The van der Waals surface area contributed by atoms with Crippen LogP contribution in [0.2, 0.25) is 0 Å². The van der Waals surface area contributed by atoms with Crippen molar-refractivity contribution >= 4 is 12.2 Å². The van der Waals surface area contributed by atoms with Gasteiger partial charge in [0.2, 0.25) is 0 Å². The summed E-state index contributed by atoms with van der Waals surface area (Å²) in [5, 5.41) is 18.4. The average molecular weight is 261 g/mol. The van der Waals surface area contributed by atoms with Gasteiger partial charge in [0.15, 0.2) is 0 Å². The van der Waals surface area contributed by atoms with Crippen LogP contribution < -0.4 is 11.1 Å². The van der Waals surface area contributed by atoms with Gasteiger partial charge in [-0.15, -0.1) is 0 Å². The van der Waals surface area contributed by atoms with Crippen LogP contribution in [0.1, 0.15) is 12.8 Å². The summed E-state index contributed by atoms with van der Waals surface area (Å²) < 4.78 is 17.9. The van der Waals surface area contributed by atoms with E-state index in [1.54, 1.807) is 0 Å². The molecule has 0 unspecified atom stereocenters. The third-order valence-electron chi connectivity index (χ3n) is 2.32. The number of methoxy groups -OCH3 is 1. The van der Waals surface area contributed by atoms with Crippen LogP contribution in [-0.2, 0) is 9.53 Å². The molecule has 0 saturated heterocycles. The summed E-state index contributed by atoms with van der Waals surface area (Å²) in [5.74, 6) is -1.57. The molecule has 0 spiro atoms. The van der Waals surface area contributed by atoms with E-state index in [9.17, 15) is 9.18 Å². The first-order chi connectivity index (χ1) is 8.46. The fraction of sp³-hybridized carbons (Fsp3) is 0.636. The lowest BCUT2D eigenvalue weighted by Gasteiger charge is -2.22. The second-order valence-corrected chi connectivity index (χ2v) is 3.92. The predicted octanol–water partition coefficient (Wildman–Crippen LogP) is 0.288. The SMILES string of the molecule is COC[C@@](N)(CC/C=C(/F)CNCC=N)C(=O)O. The topological polar surface area (TPSA) is 108 Å². The molecule has 0 rings (SSSR count). The number of carbonyl (C=O) groups is 1. The quantitative estimate of drug-likeness (QED) is 0.334. The minimum atomic E-state index is -1.49. The molecule has 7 heteroatoms. The maximum Gasteiger partial charge on any atom is 0.326 e. The number of hydrogen-bond donors (Lipinski definition) is 4. The zero-order valence-electron chi connectivity index (χ0n) is 10.4. The number of halogens is 1. The maximum atomic E-state index is 13.2. The standard InChI is InChI=1S/C11H20FN3O3/c1-18-8-11(14,10(16)17)4-2-3-9(12)7-15-6-5-13/h3,5,13,15H,2,4,6-8,14H2,1H3,(H,16,17)/b9-3+,13-5?/t11-/m0/s1. The first kappa shape index (κ1) is 16.7. The maximum absolute atomic E-state index is 13.2. The monoisotopic (exact) mass is 261 g/mol. The Morgan fingerprint density at radius 2 is 2.33 bits per heavy atom. The predicted molar refractivity (Wildman–Crippen MR) is 66.5 cm³/mol. The molecular weight excluding hydrogens is 241 g/mol. The third-order valence-corrected chi connectivity index (χ3v) is 2.32. The number of hydrogen-bond acceptors (Lipinski definition) is 5. The molecule has 0 aromatic heterocycles. The number of ether oxygens (including phenoxy) is 1. The van der Waals surface area contributed by atoms with Crippen LogP contribution in [0.25, 0.3) is 0 Å². The first-order valence-electron chi connectivity index (χ1n) is 5.51. The second-order valence-electron chi connectivity index (χ2n) is 3.92. The molecule has 0 aromatic rings. The van der Waals surface area contributed by atoms with Crippen molar-refractivity contribution in [2.75, 3.05) is 26.8 Å². The van der Waals surface area contributed by atoms with Crippen molar-refractivity contribution in [3.05, 3.63) is 11.9 Å². The van der Waals surface area contributed by atoms with Gasteiger partial charge in [0.25, 0.3) is 0 Å². The molecule has 6 nitrogen and oxygen atoms in total. The smallest absolute Gasteiger partial charge is 0.326 e. The summed E-state index contributed by atoms with van der Waals surface area (Å²) in [5.41, 5.74) is 4.15. The highest BCUT2D eigenvalue weighted by atomic mass is 19.1. The molecule has 0 aliphatic heterocycles. The largest absolute Gasteiger partial charge is 0.480 e. The molecule has 0 aliphatic rings. The number of aliphatic carboxylic acids is 1. The Morgan fingerprint density at radius 3 is 2.83 bits per heavy atom. The van der Waals surface area contributed by atoms with Gasteiger partial charge in [0.05, 0.1) is 6.61 Å². The summed E-state index contributed by atoms with van der Waals surface area (Å²) >= 11 is 0. The number of nitrogens with one attached hydrogen (secondary N) is 2. The molecule has 104 valence electrons. The Morgan fingerprint density at radius 1 is 1.67 bits per heavy atom. The Balaban J connectivity index is 4.16. The number of nitrogens with two attached hydrogens (primary N) is 1. The van der Waals surface area contributed by atoms with E-state index in [1.165, 1.54) is 13.2 Å². The second kappa shape index (κ2) is 8.73. The fourth-order valence-electron chi connectivity index (χ4n) is 1.32. The van der Waals surface area contributed by atoms with E-state index in [2.05, 4.69) is 5.32 Å². The van der Waals surface area contributed by atoms with Gasteiger partial charge in [-0.3, -0.25) is 4.79 Å². The minimum Gasteiger partial charge on any atom is -0.480 e. The van der Waals surface area contributed by atoms with Crippen LogP contribution in [-0.4, -0.2) is 49.6 Å². The van der Waals surface area contributed by atoms with E-state index in [-0.39, 0.29) is 26.0 Å². The van der Waals surface area contributed by atoms with Crippen molar-refractivity contribution in [2.45, 2.75) is 18.4 Å². The van der Waals surface area contributed by atoms with Gasteiger partial charge >= 0.3 is 5.97 Å². The zero-order valence-corrected chi connectivity index (χ0v) is 10.4. The summed E-state index contributed by atoms with van der Waals surface area (Å²) in [6.45, 7) is 0.190. The molecule has 0 bridgehead atoms. The molecule has 0 heterocycles. The molecule has 0 fully saturated rings. The van der Waals surface area contributed by atoms with Crippen molar-refractivity contribution < 1.29 is 19.0 Å². The molecule has 1 atom stereocenters. The number of rotatable bonds is 10. The van der Waals surface area contributed by atoms with E-state index in [4.69, 9.17) is 21.0 Å². The molecule has 0 aromatic carbocycles. The molecule has 5 N–H and O–H groups in total. The molecule has 0 aliphatic carbocycles. The van der Waals surface area contributed by atoms with Crippen LogP contribution in [0.5, 0.6) is 0 Å². The normalized spacial score (nSPS) is 15.2. The molecule has 0 radical (unpaired) electrons. The molecular formula is C11H20FN3O3. The van der Waals surface area contributed by atoms with Gasteiger partial charge in [0.1, 0.15) is 11.4 Å². The third kappa shape index (κ3) is 6.43. The van der Waals surface area contributed by atoms with Crippen LogP contribution >= 0.6 is 0 Å². The van der Waals surface area contributed by atoms with Crippen molar-refractivity contribution in [1.29, 1.82) is 5.41 Å². The van der Waals surface area contributed by atoms with Gasteiger partial charge < -0.3 is 26.3 Å². The highest BCUT2D eigenvalue weighted by Crippen LogP contribution is 2.12. The number of carboxylic acids is 1. The molecule has 18 heavy (non-hydrogen) atoms. The van der Waals surface area contributed by atoms with E-state index in [0.717, 1.165) is 6.21 Å². The highest BCUT2D eigenvalue weighted by molar-refractivity contribution is 5.78. The van der Waals surface area contributed by atoms with E-state index in [0.29, 0.717) is 6.54 Å². The summed E-state index contributed by atoms with van der Waals surface area (Å²) in [6.07, 6.45) is 2.72. The van der Waals surface area contributed by atoms with Gasteiger partial charge in [-0.05, 0) is 12.8 Å². The van der Waals surface area contributed by atoms with Crippen LogP contribution in [0.4, 0.5) is 4.39 Å². The minimum absolute atomic E-state index is 0.0182. The van der Waals surface area contributed by atoms with Gasteiger partial charge in [0, 0.05) is 26.4 Å². The van der Waals surface area contributed by atoms with Crippen molar-refractivity contribution in [2.24, 2.45) is 5.73 Å². The van der Waals surface area contributed by atoms with Crippen molar-refractivity contribution in [1.82, 2.24) is 5.32 Å². The average Bonchev–Trinajstić information content (AvgIpc) is 2.29. The van der Waals surface area contributed by atoms with E-state index < -0.39 is 17.3 Å². The van der Waals surface area contributed by atoms with Crippen molar-refractivity contribution in [3.63, 3.8) is 0 Å². The number of carboxylic acid groups (broad SMARTS) is 1. The molecule has 0 saturated carbocycles. The lowest BCUT2D eigenvalue weighted by Crippen LogP contribution is -2.51. The van der Waals surface area contributed by atoms with Gasteiger partial charge in [-0.1, -0.05) is 6.08 Å². The summed E-state index contributed by atoms with van der Waals surface area (Å²) in [4.78, 5) is 10.9. The van der Waals surface area contributed by atoms with E-state index >= 15 is 0 Å². The highest BCUT2D eigenvalue weighted by Gasteiger charge is 2.33. The van der Waals surface area contributed by atoms with Gasteiger partial charge in [-0.25, -0.2) is 4.39 Å². The van der Waals surface area contributed by atoms with Crippen LogP contribution in [0.3, 0.4) is 0 Å². The Bertz CT molecular complexity index is 310. The fourth-order valence-corrected chi connectivity index (χ4v) is 1.32. The molecule has 0 amide bonds. The Labute approximate surface area is 106 Å². The first-order valence-corrected chi connectivity index (χ1v) is 5.51. The Kier molecular flexibility index (Phi) is 8.10. The van der Waals surface area contributed by atoms with Crippen LogP contribution in [0, 0.1) is 5.41 Å². The van der Waals surface area contributed by atoms with Crippen LogP contribution in [0.15, 0.2) is 11.9 Å². The zero-order chi connectivity index (χ0) is 14.0. The lowest BCUT2D eigenvalue weighted by atomic mass is 9.95. The van der Waals surface area contributed by atoms with E-state index in [1.807, 2.05) is 0 Å². The van der Waals surface area contributed by atoms with Crippen molar-refractivity contribution in [3.8, 4) is 0 Å². The Hall–Kier alpha value is -1.31. The number of allylic oxidation sites excluding steroid dienone is 1. The summed E-state index contributed by atoms with van der Waals surface area (Å²) in [7, 11) is 1.36. The lowest BCUT2D eigenvalue weighted by molar-refractivity contribution is -0.145.